The van der Waals surface area contributed by atoms with E-state index in [-0.39, 0.29) is 85.9 Å². The molecule has 6 heterocycles. The molecule has 68 heavy (non-hydrogen) atoms. The maximum atomic E-state index is 11.9. The number of hydrogen-bond donors (Lipinski definition) is 7. The van der Waals surface area contributed by atoms with Crippen molar-refractivity contribution in [1.29, 1.82) is 0 Å². The largest absolute Gasteiger partial charge is 0.379 e. The number of carbonyl (C=O) groups excluding carboxylic acids is 7. The average molecular weight is 1010 g/mol. The third-order valence-corrected chi connectivity index (χ3v) is 17.1. The second-order valence-electron chi connectivity index (χ2n) is 18.2. The fourth-order valence-electron chi connectivity index (χ4n) is 9.01. The van der Waals surface area contributed by atoms with Crippen LogP contribution in [0.15, 0.2) is 0 Å². The first-order valence-electron chi connectivity index (χ1n) is 24.9. The Kier molecular flexibility index (Phi) is 29.7. The summed E-state index contributed by atoms with van der Waals surface area (Å²) in [5.41, 5.74) is 0. The molecule has 6 saturated heterocycles. The zero-order chi connectivity index (χ0) is 48.2. The Hall–Kier alpha value is -3.18. The quantitative estimate of drug-likeness (QED) is 0.0235. The summed E-state index contributed by atoms with van der Waals surface area (Å²) in [5, 5.41) is 22.0. The molecular formula is C49H83N7O9S3. The predicted molar refractivity (Wildman–Crippen MR) is 275 cm³/mol. The SMILES string of the molecule is C.CC#CCNC(=O)CCCC[C@@H]1SC[C@@H]2NC(=O)N[C@@H]21.CC(=O)CCCCCCC(=O)CCCC[C@@H]1SC[C@@H]2NC(=O)N[C@@H]21.CCCOCCOCC(=O)CCCC[C@@H]1SC[C@@H]2NC(=O)N[C@@H]21. The second-order valence-corrected chi connectivity index (χ2v) is 22.0. The smallest absolute Gasteiger partial charge is 0.315 e. The van der Waals surface area contributed by atoms with E-state index < -0.39 is 0 Å². The Balaban J connectivity index is 0.000000269. The van der Waals surface area contributed by atoms with Crippen molar-refractivity contribution in [2.75, 3.05) is 50.2 Å². The summed E-state index contributed by atoms with van der Waals surface area (Å²) in [6.45, 7) is 7.87. The highest BCUT2D eigenvalue weighted by atomic mass is 32.2. The van der Waals surface area contributed by atoms with Crippen LogP contribution >= 0.6 is 35.3 Å². The van der Waals surface area contributed by atoms with Gasteiger partial charge in [0.1, 0.15) is 18.2 Å². The highest BCUT2D eigenvalue weighted by Gasteiger charge is 2.44. The Morgan fingerprint density at radius 1 is 0.574 bits per heavy atom. The molecule has 19 heteroatoms. The number of nitrogens with one attached hydrogen (secondary N) is 7. The molecule has 0 bridgehead atoms. The molecule has 6 aliphatic heterocycles. The molecule has 0 unspecified atom stereocenters. The monoisotopic (exact) mass is 1010 g/mol. The lowest BCUT2D eigenvalue weighted by molar-refractivity contribution is -0.124. The lowest BCUT2D eigenvalue weighted by Crippen LogP contribution is -2.36. The Morgan fingerprint density at radius 2 is 1.00 bits per heavy atom. The zero-order valence-corrected chi connectivity index (χ0v) is 42.6. The molecule has 0 aromatic carbocycles. The number of unbranched alkanes of at least 4 members (excludes halogenated alkanes) is 6. The fourth-order valence-corrected chi connectivity index (χ4v) is 13.6. The Bertz CT molecular complexity index is 1650. The van der Waals surface area contributed by atoms with Gasteiger partial charge in [-0.25, -0.2) is 14.4 Å². The lowest BCUT2D eigenvalue weighted by atomic mass is 10.0. The molecule has 0 saturated carbocycles. The van der Waals surface area contributed by atoms with Gasteiger partial charge in [-0.2, -0.15) is 35.3 Å². The summed E-state index contributed by atoms with van der Waals surface area (Å²) in [6.07, 6.45) is 17.2. The topological polar surface area (TPSA) is 222 Å². The van der Waals surface area contributed by atoms with E-state index in [0.29, 0.717) is 73.4 Å². The third-order valence-electron chi connectivity index (χ3n) is 12.6. The van der Waals surface area contributed by atoms with E-state index in [0.717, 1.165) is 114 Å². The maximum absolute atomic E-state index is 11.9. The zero-order valence-electron chi connectivity index (χ0n) is 40.2. The van der Waals surface area contributed by atoms with Gasteiger partial charge in [0, 0.05) is 71.7 Å². The number of urea groups is 3. The molecule has 6 rings (SSSR count). The van der Waals surface area contributed by atoms with Gasteiger partial charge in [-0.05, 0) is 71.6 Å². The Labute approximate surface area is 419 Å². The number of carbonyl (C=O) groups is 7. The molecular weight excluding hydrogens is 927 g/mol. The highest BCUT2D eigenvalue weighted by Crippen LogP contribution is 2.35. The normalized spacial score (nSPS) is 25.6. The van der Waals surface area contributed by atoms with Crippen LogP contribution in [-0.2, 0) is 28.7 Å². The summed E-state index contributed by atoms with van der Waals surface area (Å²) >= 11 is 5.77. The number of rotatable bonds is 30. The van der Waals surface area contributed by atoms with Crippen molar-refractivity contribution in [1.82, 2.24) is 37.2 Å². The maximum Gasteiger partial charge on any atom is 0.315 e. The Morgan fingerprint density at radius 3 is 1.46 bits per heavy atom. The summed E-state index contributed by atoms with van der Waals surface area (Å²) in [4.78, 5) is 79.8. The van der Waals surface area contributed by atoms with Gasteiger partial charge in [-0.3, -0.25) is 14.4 Å². The van der Waals surface area contributed by atoms with Gasteiger partial charge in [0.2, 0.25) is 5.91 Å². The molecule has 0 aromatic rings. The van der Waals surface area contributed by atoms with Crippen LogP contribution in [0.2, 0.25) is 0 Å². The first kappa shape index (κ1) is 59.1. The van der Waals surface area contributed by atoms with Crippen molar-refractivity contribution in [2.24, 2.45) is 0 Å². The van der Waals surface area contributed by atoms with Crippen molar-refractivity contribution in [2.45, 2.75) is 202 Å². The van der Waals surface area contributed by atoms with Crippen LogP contribution in [-0.4, -0.2) is 144 Å². The van der Waals surface area contributed by atoms with Crippen molar-refractivity contribution >= 4 is 76.6 Å². The van der Waals surface area contributed by atoms with Crippen LogP contribution in [0.4, 0.5) is 14.4 Å². The van der Waals surface area contributed by atoms with E-state index in [1.165, 1.54) is 0 Å². The summed E-state index contributed by atoms with van der Waals surface area (Å²) in [7, 11) is 0. The van der Waals surface area contributed by atoms with E-state index in [2.05, 4.69) is 56.0 Å². The molecule has 16 nitrogen and oxygen atoms in total. The third kappa shape index (κ3) is 22.7. The molecule has 0 spiro atoms. The van der Waals surface area contributed by atoms with Crippen LogP contribution < -0.4 is 37.2 Å². The first-order chi connectivity index (χ1) is 32.5. The molecule has 0 aliphatic carbocycles. The van der Waals surface area contributed by atoms with Crippen molar-refractivity contribution in [3.05, 3.63) is 0 Å². The summed E-state index contributed by atoms with van der Waals surface area (Å²) in [5.74, 6) is 9.39. The van der Waals surface area contributed by atoms with Gasteiger partial charge >= 0.3 is 18.1 Å². The molecule has 6 aliphatic rings. The van der Waals surface area contributed by atoms with Gasteiger partial charge in [-0.15, -0.1) is 5.92 Å². The number of ketones is 3. The van der Waals surface area contributed by atoms with Gasteiger partial charge in [-0.1, -0.05) is 52.4 Å². The number of amides is 7. The first-order valence-corrected chi connectivity index (χ1v) is 28.0. The van der Waals surface area contributed by atoms with Crippen molar-refractivity contribution in [3.63, 3.8) is 0 Å². The van der Waals surface area contributed by atoms with E-state index >= 15 is 0 Å². The van der Waals surface area contributed by atoms with E-state index in [1.54, 1.807) is 13.8 Å². The number of hydrogen-bond acceptors (Lipinski definition) is 12. The van der Waals surface area contributed by atoms with Crippen molar-refractivity contribution < 1.29 is 43.0 Å². The fraction of sp³-hybridized carbons (Fsp3) is 0.816. The molecule has 7 N–H and O–H groups in total. The summed E-state index contributed by atoms with van der Waals surface area (Å²) < 4.78 is 10.6. The second kappa shape index (κ2) is 34.2. The standard InChI is InChI=1S/C18H30N2O3S.C16H28N2O4S.C14H21N3O2S.CH4/c1-13(21)8-4-2-3-5-9-14(22)10-6-7-11-16-17-15(12-24-16)19-18(23)20-17;1-2-7-21-8-9-22-10-12(19)5-3-4-6-14-15-13(11-23-14)17-16(20)18-15;1-2-3-8-15-12(18)7-5-4-6-11-13-10(9-20-11)16-14(19)17-13;/h15-17H,2-12H2,1H3,(H2,19,20,23);13-15H,2-11H2,1H3,(H2,17,18,20);10-11,13H,4-9H2,1H3,(H,15,18)(H2,16,17,19);1H4/t15-,16-,17-;13-,14-,15-;10-,11-,13-;/m000./s1. The molecule has 7 amide bonds. The molecule has 6 fully saturated rings. The molecule has 0 aromatic heterocycles. The van der Waals surface area contributed by atoms with Crippen LogP contribution in [0.3, 0.4) is 0 Å². The molecule has 9 atom stereocenters. The minimum atomic E-state index is -0.0412. The molecule has 0 radical (unpaired) electrons. The molecule has 386 valence electrons. The van der Waals surface area contributed by atoms with Crippen LogP contribution in [0.5, 0.6) is 0 Å². The van der Waals surface area contributed by atoms with E-state index in [9.17, 15) is 33.6 Å². The minimum absolute atomic E-state index is 0. The predicted octanol–water partition coefficient (Wildman–Crippen LogP) is 6.42. The average Bonchev–Trinajstić information content (AvgIpc) is 4.16. The summed E-state index contributed by atoms with van der Waals surface area (Å²) in [6, 6.07) is 1.54. The highest BCUT2D eigenvalue weighted by molar-refractivity contribution is 8.00. The number of Topliss-reactive ketones (excluding diaryl/α,β-unsaturated/α-hetero) is 3. The van der Waals surface area contributed by atoms with Gasteiger partial charge in [0.05, 0.1) is 56.0 Å². The van der Waals surface area contributed by atoms with E-state index in [4.69, 9.17) is 9.47 Å². The van der Waals surface area contributed by atoms with Crippen LogP contribution in [0.25, 0.3) is 0 Å². The number of ether oxygens (including phenoxy) is 2. The van der Waals surface area contributed by atoms with Gasteiger partial charge < -0.3 is 51.5 Å². The van der Waals surface area contributed by atoms with Gasteiger partial charge in [0.15, 0.2) is 5.78 Å². The van der Waals surface area contributed by atoms with Crippen LogP contribution in [0.1, 0.15) is 150 Å². The number of thioether (sulfide) groups is 3. The number of fused-ring (bicyclic) bond motifs is 3. The van der Waals surface area contributed by atoms with Crippen LogP contribution in [0, 0.1) is 11.8 Å². The minimum Gasteiger partial charge on any atom is -0.379 e. The van der Waals surface area contributed by atoms with Gasteiger partial charge in [0.25, 0.3) is 0 Å². The van der Waals surface area contributed by atoms with Crippen molar-refractivity contribution in [3.8, 4) is 11.8 Å². The van der Waals surface area contributed by atoms with E-state index in [1.807, 2.05) is 35.3 Å². The lowest BCUT2D eigenvalue weighted by Gasteiger charge is -2.16.